The van der Waals surface area contributed by atoms with Gasteiger partial charge >= 0.3 is 0 Å². The van der Waals surface area contributed by atoms with Gasteiger partial charge in [0.2, 0.25) is 5.91 Å². The topological polar surface area (TPSA) is 50.4 Å². The van der Waals surface area contributed by atoms with Gasteiger partial charge in [0.25, 0.3) is 0 Å². The Labute approximate surface area is 128 Å². The lowest BCUT2D eigenvalue weighted by atomic mass is 10.1. The number of amides is 1. The molecule has 0 saturated heterocycles. The molecule has 1 rings (SSSR count). The van der Waals surface area contributed by atoms with E-state index in [0.717, 1.165) is 13.0 Å². The number of hydrogen-bond donors (Lipinski definition) is 2. The minimum atomic E-state index is 0.0536. The van der Waals surface area contributed by atoms with Crippen LogP contribution in [0.5, 0.6) is 0 Å². The molecule has 0 aliphatic carbocycles. The maximum absolute atomic E-state index is 11.7. The van der Waals surface area contributed by atoms with E-state index in [-0.39, 0.29) is 5.91 Å². The zero-order valence-electron chi connectivity index (χ0n) is 13.4. The highest BCUT2D eigenvalue weighted by atomic mass is 16.5. The van der Waals surface area contributed by atoms with Crippen molar-refractivity contribution >= 4 is 5.91 Å². The Hall–Kier alpha value is -1.39. The molecule has 118 valence electrons. The van der Waals surface area contributed by atoms with Crippen LogP contribution in [0.3, 0.4) is 0 Å². The van der Waals surface area contributed by atoms with Gasteiger partial charge in [0.05, 0.1) is 13.2 Å². The molecule has 0 atom stereocenters. The summed E-state index contributed by atoms with van der Waals surface area (Å²) in [4.78, 5) is 11.7. The third-order valence-corrected chi connectivity index (χ3v) is 3.22. The van der Waals surface area contributed by atoms with E-state index in [1.165, 1.54) is 11.1 Å². The molecule has 0 saturated carbocycles. The number of rotatable bonds is 10. The normalized spacial score (nSPS) is 10.9. The van der Waals surface area contributed by atoms with E-state index in [4.69, 9.17) is 4.74 Å². The highest BCUT2D eigenvalue weighted by molar-refractivity contribution is 5.77. The van der Waals surface area contributed by atoms with Crippen molar-refractivity contribution in [3.05, 3.63) is 35.4 Å². The van der Waals surface area contributed by atoms with Gasteiger partial charge in [-0.15, -0.1) is 0 Å². The quantitative estimate of drug-likeness (QED) is 0.696. The average Bonchev–Trinajstić information content (AvgIpc) is 2.46. The Balaban J connectivity index is 2.30. The highest BCUT2D eigenvalue weighted by Gasteiger charge is 2.04. The summed E-state index contributed by atoms with van der Waals surface area (Å²) in [6.45, 7) is 9.40. The van der Waals surface area contributed by atoms with Gasteiger partial charge in [-0.2, -0.15) is 0 Å². The Bertz CT molecular complexity index is 419. The molecule has 21 heavy (non-hydrogen) atoms. The van der Waals surface area contributed by atoms with Crippen molar-refractivity contribution in [1.82, 2.24) is 10.6 Å². The van der Waals surface area contributed by atoms with E-state index in [1.807, 2.05) is 19.1 Å². The molecule has 0 spiro atoms. The lowest BCUT2D eigenvalue weighted by Crippen LogP contribution is -2.34. The summed E-state index contributed by atoms with van der Waals surface area (Å²) in [5.41, 5.74) is 2.35. The van der Waals surface area contributed by atoms with Crippen molar-refractivity contribution in [2.75, 3.05) is 19.7 Å². The van der Waals surface area contributed by atoms with Crippen molar-refractivity contribution in [1.29, 1.82) is 0 Å². The van der Waals surface area contributed by atoms with Crippen molar-refractivity contribution in [3.63, 3.8) is 0 Å². The van der Waals surface area contributed by atoms with E-state index in [0.29, 0.717) is 32.2 Å². The van der Waals surface area contributed by atoms with Gasteiger partial charge in [0.1, 0.15) is 0 Å². The minimum Gasteiger partial charge on any atom is -0.377 e. The summed E-state index contributed by atoms with van der Waals surface area (Å²) in [5, 5.41) is 6.11. The average molecular weight is 292 g/mol. The second-order valence-electron chi connectivity index (χ2n) is 5.54. The predicted molar refractivity (Wildman–Crippen MR) is 85.9 cm³/mol. The van der Waals surface area contributed by atoms with Crippen LogP contribution in [-0.4, -0.2) is 25.6 Å². The Kier molecular flexibility index (Phi) is 8.71. The van der Waals surface area contributed by atoms with Crippen LogP contribution in [0, 0.1) is 5.92 Å². The van der Waals surface area contributed by atoms with Crippen LogP contribution in [-0.2, 0) is 22.7 Å². The van der Waals surface area contributed by atoms with Crippen LogP contribution < -0.4 is 10.6 Å². The summed E-state index contributed by atoms with van der Waals surface area (Å²) in [7, 11) is 0. The van der Waals surface area contributed by atoms with E-state index >= 15 is 0 Å². The molecule has 0 aliphatic heterocycles. The zero-order valence-corrected chi connectivity index (χ0v) is 13.4. The largest absolute Gasteiger partial charge is 0.377 e. The second kappa shape index (κ2) is 10.4. The van der Waals surface area contributed by atoms with Gasteiger partial charge in [0.15, 0.2) is 0 Å². The zero-order chi connectivity index (χ0) is 15.5. The number of benzene rings is 1. The first-order chi connectivity index (χ1) is 10.1. The molecule has 0 radical (unpaired) electrons. The SMILES string of the molecule is CCOCc1ccccc1CNCC(=O)NCCC(C)C. The smallest absolute Gasteiger partial charge is 0.233 e. The third-order valence-electron chi connectivity index (χ3n) is 3.22. The second-order valence-corrected chi connectivity index (χ2v) is 5.54. The molecule has 1 aromatic rings. The van der Waals surface area contributed by atoms with Crippen molar-refractivity contribution in [2.24, 2.45) is 5.92 Å². The van der Waals surface area contributed by atoms with E-state index < -0.39 is 0 Å². The fourth-order valence-electron chi connectivity index (χ4n) is 1.96. The Morgan fingerprint density at radius 3 is 2.62 bits per heavy atom. The maximum atomic E-state index is 11.7. The van der Waals surface area contributed by atoms with Crippen molar-refractivity contribution in [3.8, 4) is 0 Å². The number of carbonyl (C=O) groups excluding carboxylic acids is 1. The van der Waals surface area contributed by atoms with E-state index in [2.05, 4.69) is 36.6 Å². The molecule has 0 aromatic heterocycles. The molecule has 1 aromatic carbocycles. The van der Waals surface area contributed by atoms with Gasteiger partial charge in [-0.3, -0.25) is 4.79 Å². The van der Waals surface area contributed by atoms with Crippen molar-refractivity contribution in [2.45, 2.75) is 40.3 Å². The van der Waals surface area contributed by atoms with E-state index in [9.17, 15) is 4.79 Å². The standard InChI is InChI=1S/C17H28N2O2/c1-4-21-13-16-8-6-5-7-15(16)11-18-12-17(20)19-10-9-14(2)3/h5-8,14,18H,4,9-13H2,1-3H3,(H,19,20). The van der Waals surface area contributed by atoms with Crippen LogP contribution in [0.25, 0.3) is 0 Å². The summed E-state index contributed by atoms with van der Waals surface area (Å²) in [6.07, 6.45) is 1.02. The summed E-state index contributed by atoms with van der Waals surface area (Å²) >= 11 is 0. The van der Waals surface area contributed by atoms with Crippen LogP contribution in [0.1, 0.15) is 38.3 Å². The van der Waals surface area contributed by atoms with Gasteiger partial charge < -0.3 is 15.4 Å². The summed E-state index contributed by atoms with van der Waals surface area (Å²) < 4.78 is 5.46. The number of carbonyl (C=O) groups is 1. The molecule has 0 aliphatic rings. The van der Waals surface area contributed by atoms with E-state index in [1.54, 1.807) is 0 Å². The first-order valence-corrected chi connectivity index (χ1v) is 7.75. The third kappa shape index (κ3) is 7.83. The van der Waals surface area contributed by atoms with Crippen LogP contribution >= 0.6 is 0 Å². The monoisotopic (exact) mass is 292 g/mol. The molecule has 2 N–H and O–H groups in total. The van der Waals surface area contributed by atoms with Crippen LogP contribution in [0.15, 0.2) is 24.3 Å². The molecule has 0 heterocycles. The molecule has 0 unspecified atom stereocenters. The number of nitrogens with one attached hydrogen (secondary N) is 2. The molecule has 0 fully saturated rings. The van der Waals surface area contributed by atoms with Gasteiger partial charge in [-0.1, -0.05) is 38.1 Å². The highest BCUT2D eigenvalue weighted by Crippen LogP contribution is 2.09. The fourth-order valence-corrected chi connectivity index (χ4v) is 1.96. The minimum absolute atomic E-state index is 0.0536. The fraction of sp³-hybridized carbons (Fsp3) is 0.588. The predicted octanol–water partition coefficient (Wildman–Crippen LogP) is 2.48. The molecule has 1 amide bonds. The lowest BCUT2D eigenvalue weighted by Gasteiger charge is -2.11. The molecular weight excluding hydrogens is 264 g/mol. The first kappa shape index (κ1) is 17.7. The maximum Gasteiger partial charge on any atom is 0.233 e. The molecular formula is C17H28N2O2. The Morgan fingerprint density at radius 2 is 1.95 bits per heavy atom. The van der Waals surface area contributed by atoms with Crippen LogP contribution in [0.2, 0.25) is 0 Å². The molecule has 4 nitrogen and oxygen atoms in total. The van der Waals surface area contributed by atoms with Gasteiger partial charge in [0, 0.05) is 19.7 Å². The first-order valence-electron chi connectivity index (χ1n) is 7.75. The summed E-state index contributed by atoms with van der Waals surface area (Å²) in [5.74, 6) is 0.668. The molecule has 4 heteroatoms. The Morgan fingerprint density at radius 1 is 1.24 bits per heavy atom. The summed E-state index contributed by atoms with van der Waals surface area (Å²) in [6, 6.07) is 8.15. The molecule has 0 bridgehead atoms. The van der Waals surface area contributed by atoms with Crippen molar-refractivity contribution < 1.29 is 9.53 Å². The lowest BCUT2D eigenvalue weighted by molar-refractivity contribution is -0.120. The van der Waals surface area contributed by atoms with Gasteiger partial charge in [-0.25, -0.2) is 0 Å². The number of ether oxygens (including phenoxy) is 1. The van der Waals surface area contributed by atoms with Gasteiger partial charge in [-0.05, 0) is 30.4 Å². The number of hydrogen-bond acceptors (Lipinski definition) is 3. The van der Waals surface area contributed by atoms with Crippen LogP contribution in [0.4, 0.5) is 0 Å².